The number of esters is 2. The zero-order chi connectivity index (χ0) is 21.9. The summed E-state index contributed by atoms with van der Waals surface area (Å²) in [6, 6.07) is 10.6. The number of benzene rings is 1. The fourth-order valence-electron chi connectivity index (χ4n) is 4.35. The maximum atomic E-state index is 13.4. The topological polar surface area (TPSA) is 114 Å². The Bertz CT molecular complexity index is 1330. The number of hydrogen-bond acceptors (Lipinski definition) is 7. The molecule has 0 amide bonds. The van der Waals surface area contributed by atoms with E-state index >= 15 is 0 Å². The first-order valence-corrected chi connectivity index (χ1v) is 10.2. The van der Waals surface area contributed by atoms with E-state index < -0.39 is 23.6 Å². The number of pyridine rings is 2. The highest BCUT2D eigenvalue weighted by Gasteiger charge is 2.50. The molecule has 8 heteroatoms. The quantitative estimate of drug-likeness (QED) is 0.505. The van der Waals surface area contributed by atoms with Gasteiger partial charge in [0.05, 0.1) is 29.0 Å². The summed E-state index contributed by atoms with van der Waals surface area (Å²) >= 11 is 0. The van der Waals surface area contributed by atoms with Crippen LogP contribution < -0.4 is 11.3 Å². The van der Waals surface area contributed by atoms with Crippen molar-refractivity contribution in [2.75, 3.05) is 0 Å². The zero-order valence-corrected chi connectivity index (χ0v) is 17.2. The molecular weight excluding hydrogens is 398 g/mol. The summed E-state index contributed by atoms with van der Waals surface area (Å²) in [4.78, 5) is 43.3. The molecular formula is C23H21N3O5. The number of aromatic nitrogens is 2. The lowest BCUT2D eigenvalue weighted by molar-refractivity contribution is -0.190. The van der Waals surface area contributed by atoms with Gasteiger partial charge in [0.1, 0.15) is 12.6 Å². The lowest BCUT2D eigenvalue weighted by Crippen LogP contribution is -2.49. The van der Waals surface area contributed by atoms with Crippen LogP contribution in [0.2, 0.25) is 0 Å². The first-order valence-electron chi connectivity index (χ1n) is 10.2. The van der Waals surface area contributed by atoms with Gasteiger partial charge in [0.2, 0.25) is 5.60 Å². The van der Waals surface area contributed by atoms with Gasteiger partial charge in [-0.25, -0.2) is 9.78 Å². The van der Waals surface area contributed by atoms with Gasteiger partial charge in [-0.3, -0.25) is 9.59 Å². The van der Waals surface area contributed by atoms with Gasteiger partial charge in [0.25, 0.3) is 5.56 Å². The largest absolute Gasteiger partial charge is 0.457 e. The number of nitrogens with zero attached hydrogens (tertiary/aromatic N) is 2. The zero-order valence-electron chi connectivity index (χ0n) is 17.2. The van der Waals surface area contributed by atoms with E-state index in [9.17, 15) is 14.4 Å². The third-order valence-electron chi connectivity index (χ3n) is 6.03. The van der Waals surface area contributed by atoms with E-state index in [1.807, 2.05) is 30.3 Å². The molecule has 8 nitrogen and oxygen atoms in total. The number of fused-ring (bicyclic) bond motifs is 5. The molecule has 3 aromatic rings. The number of carbonyl (C=O) groups is 2. The smallest absolute Gasteiger partial charge is 0.355 e. The number of para-hydroxylation sites is 1. The first-order chi connectivity index (χ1) is 14.9. The number of ether oxygens (including phenoxy) is 2. The minimum atomic E-state index is -1.72. The molecule has 0 spiro atoms. The first kappa shape index (κ1) is 19.4. The summed E-state index contributed by atoms with van der Waals surface area (Å²) in [6.07, 6.45) is 0.109. The van der Waals surface area contributed by atoms with Gasteiger partial charge in [-0.1, -0.05) is 25.1 Å². The Morgan fingerprint density at radius 3 is 2.84 bits per heavy atom. The molecule has 0 aliphatic carbocycles. The molecule has 2 aliphatic heterocycles. The molecule has 1 aromatic carbocycles. The number of cyclic esters (lactones) is 1. The van der Waals surface area contributed by atoms with Crippen molar-refractivity contribution in [2.24, 2.45) is 5.73 Å². The molecule has 0 unspecified atom stereocenters. The van der Waals surface area contributed by atoms with E-state index in [0.29, 0.717) is 29.1 Å². The second-order valence-corrected chi connectivity index (χ2v) is 7.97. The van der Waals surface area contributed by atoms with Gasteiger partial charge >= 0.3 is 11.9 Å². The average Bonchev–Trinajstić information content (AvgIpc) is 3.12. The van der Waals surface area contributed by atoms with Crippen LogP contribution in [0.5, 0.6) is 0 Å². The van der Waals surface area contributed by atoms with Crippen LogP contribution in [-0.4, -0.2) is 27.5 Å². The summed E-state index contributed by atoms with van der Waals surface area (Å²) in [5.41, 5.74) is 7.32. The molecule has 2 N–H and O–H groups in total. The summed E-state index contributed by atoms with van der Waals surface area (Å²) in [7, 11) is 0. The average molecular weight is 419 g/mol. The molecule has 2 atom stereocenters. The molecule has 158 valence electrons. The molecule has 0 bridgehead atoms. The van der Waals surface area contributed by atoms with Gasteiger partial charge in [-0.2, -0.15) is 0 Å². The van der Waals surface area contributed by atoms with Crippen molar-refractivity contribution < 1.29 is 19.1 Å². The minimum Gasteiger partial charge on any atom is -0.457 e. The van der Waals surface area contributed by atoms with Crippen molar-refractivity contribution in [3.63, 3.8) is 0 Å². The predicted molar refractivity (Wildman–Crippen MR) is 112 cm³/mol. The second kappa shape index (κ2) is 6.75. The highest BCUT2D eigenvalue weighted by molar-refractivity contribution is 5.89. The van der Waals surface area contributed by atoms with Crippen LogP contribution in [0.3, 0.4) is 0 Å². The van der Waals surface area contributed by atoms with Crippen LogP contribution in [0.25, 0.3) is 22.3 Å². The van der Waals surface area contributed by atoms with Crippen molar-refractivity contribution in [2.45, 2.75) is 45.1 Å². The molecule has 2 aliphatic rings. The van der Waals surface area contributed by atoms with E-state index in [-0.39, 0.29) is 18.6 Å². The van der Waals surface area contributed by atoms with Crippen molar-refractivity contribution in [3.8, 4) is 11.4 Å². The Morgan fingerprint density at radius 1 is 1.32 bits per heavy atom. The van der Waals surface area contributed by atoms with Crippen molar-refractivity contribution in [3.05, 3.63) is 63.4 Å². The summed E-state index contributed by atoms with van der Waals surface area (Å²) in [6.45, 7) is 3.39. The number of rotatable bonds is 3. The third kappa shape index (κ3) is 2.71. The van der Waals surface area contributed by atoms with E-state index in [0.717, 1.165) is 16.5 Å². The van der Waals surface area contributed by atoms with Gasteiger partial charge in [-0.05, 0) is 31.5 Å². The molecule has 2 aromatic heterocycles. The lowest BCUT2D eigenvalue weighted by atomic mass is 9.85. The van der Waals surface area contributed by atoms with Gasteiger partial charge in [0, 0.05) is 16.5 Å². The molecule has 5 rings (SSSR count). The van der Waals surface area contributed by atoms with Crippen LogP contribution >= 0.6 is 0 Å². The normalized spacial score (nSPS) is 19.9. The standard InChI is InChI=1S/C23H21N3O5/c1-3-23(31-21(28)12(2)24)16-9-18-19-14(8-13-6-4-5-7-17(13)25-19)10-26(18)20(27)15(16)11-30-22(23)29/h4-9,12H,3,10-11,24H2,1-2H3/t12-,23+/m1/s1. The van der Waals surface area contributed by atoms with E-state index in [2.05, 4.69) is 0 Å². The summed E-state index contributed by atoms with van der Waals surface area (Å²) in [5.74, 6) is -1.44. The van der Waals surface area contributed by atoms with Crippen molar-refractivity contribution >= 4 is 22.8 Å². The maximum absolute atomic E-state index is 13.4. The monoisotopic (exact) mass is 419 g/mol. The van der Waals surface area contributed by atoms with Crippen LogP contribution in [0.1, 0.15) is 37.0 Å². The van der Waals surface area contributed by atoms with Crippen molar-refractivity contribution in [1.29, 1.82) is 0 Å². The molecule has 4 heterocycles. The van der Waals surface area contributed by atoms with Crippen LogP contribution in [-0.2, 0) is 37.8 Å². The van der Waals surface area contributed by atoms with Crippen molar-refractivity contribution in [1.82, 2.24) is 9.55 Å². The highest BCUT2D eigenvalue weighted by Crippen LogP contribution is 2.41. The molecule has 0 saturated heterocycles. The Hall–Kier alpha value is -3.52. The SMILES string of the molecule is CC[C@@]1(OC(=O)[C@@H](C)N)C(=O)OCc2c1cc1n(c2=O)Cc2cc3ccccc3nc2-1. The Kier molecular flexibility index (Phi) is 4.23. The Labute approximate surface area is 177 Å². The summed E-state index contributed by atoms with van der Waals surface area (Å²) in [5, 5.41) is 0.985. The van der Waals surface area contributed by atoms with E-state index in [1.54, 1.807) is 17.6 Å². The second-order valence-electron chi connectivity index (χ2n) is 7.97. The highest BCUT2D eigenvalue weighted by atomic mass is 16.6. The van der Waals surface area contributed by atoms with Gasteiger partial charge in [-0.15, -0.1) is 0 Å². The molecule has 0 radical (unpaired) electrons. The lowest BCUT2D eigenvalue weighted by Gasteiger charge is -2.36. The van der Waals surface area contributed by atoms with E-state index in [1.165, 1.54) is 6.92 Å². The van der Waals surface area contributed by atoms with Gasteiger partial charge in [0.15, 0.2) is 0 Å². The van der Waals surface area contributed by atoms with Crippen LogP contribution in [0, 0.1) is 0 Å². The number of carbonyl (C=O) groups excluding carboxylic acids is 2. The molecule has 31 heavy (non-hydrogen) atoms. The van der Waals surface area contributed by atoms with Gasteiger partial charge < -0.3 is 19.8 Å². The minimum absolute atomic E-state index is 0.109. The van der Waals surface area contributed by atoms with Crippen LogP contribution in [0.4, 0.5) is 0 Å². The molecule has 0 fully saturated rings. The summed E-state index contributed by atoms with van der Waals surface area (Å²) < 4.78 is 12.5. The number of nitrogens with two attached hydrogens (primary N) is 1. The number of hydrogen-bond donors (Lipinski definition) is 1. The van der Waals surface area contributed by atoms with E-state index in [4.69, 9.17) is 20.2 Å². The van der Waals surface area contributed by atoms with Crippen LogP contribution in [0.15, 0.2) is 41.2 Å². The fraction of sp³-hybridized carbons (Fsp3) is 0.304. The molecule has 0 saturated carbocycles. The third-order valence-corrected chi connectivity index (χ3v) is 6.03. The fourth-order valence-corrected chi connectivity index (χ4v) is 4.35. The predicted octanol–water partition coefficient (Wildman–Crippen LogP) is 1.98. The Morgan fingerprint density at radius 2 is 2.10 bits per heavy atom. The Balaban J connectivity index is 1.75. The maximum Gasteiger partial charge on any atom is 0.355 e.